The summed E-state index contributed by atoms with van der Waals surface area (Å²) in [7, 11) is 0. The second-order valence-electron chi connectivity index (χ2n) is 6.64. The van der Waals surface area contributed by atoms with Crippen LogP contribution < -0.4 is 0 Å². The topological polar surface area (TPSA) is 118 Å². The number of rotatable bonds is 3. The Morgan fingerprint density at radius 1 is 1.14 bits per heavy atom. The molecule has 29 heavy (non-hydrogen) atoms. The Bertz CT molecular complexity index is 993. The van der Waals surface area contributed by atoms with Gasteiger partial charge in [-0.15, -0.1) is 0 Å². The maximum atomic E-state index is 13.2. The van der Waals surface area contributed by atoms with Gasteiger partial charge in [0.1, 0.15) is 18.1 Å². The highest BCUT2D eigenvalue weighted by atomic mass is 16.5. The van der Waals surface area contributed by atoms with Crippen molar-refractivity contribution in [1.82, 2.24) is 34.9 Å². The highest BCUT2D eigenvalue weighted by Gasteiger charge is 2.35. The molecule has 1 unspecified atom stereocenters. The first-order chi connectivity index (χ1) is 14.1. The molecule has 1 aliphatic rings. The Morgan fingerprint density at radius 2 is 2.03 bits per heavy atom. The number of aryl methyl sites for hydroxylation is 1. The molecule has 0 saturated carbocycles. The van der Waals surface area contributed by atoms with E-state index in [4.69, 9.17) is 4.52 Å². The van der Waals surface area contributed by atoms with Gasteiger partial charge >= 0.3 is 0 Å². The summed E-state index contributed by atoms with van der Waals surface area (Å²) in [5.41, 5.74) is 0.761. The quantitative estimate of drug-likeness (QED) is 0.653. The van der Waals surface area contributed by atoms with Gasteiger partial charge in [-0.05, 0) is 31.5 Å². The highest BCUT2D eigenvalue weighted by Crippen LogP contribution is 2.26. The Hall–Kier alpha value is -3.69. The van der Waals surface area contributed by atoms with Gasteiger partial charge in [0.05, 0.1) is 12.1 Å². The van der Waals surface area contributed by atoms with E-state index in [0.717, 1.165) is 0 Å². The number of aromatic nitrogens is 5. The number of hydrogen-bond donors (Lipinski definition) is 0. The van der Waals surface area contributed by atoms with E-state index in [2.05, 4.69) is 25.1 Å². The lowest BCUT2D eigenvalue weighted by molar-refractivity contribution is 0.0590. The molecular formula is C19H19N7O3. The van der Waals surface area contributed by atoms with Crippen molar-refractivity contribution in [1.29, 1.82) is 0 Å². The third-order valence-electron chi connectivity index (χ3n) is 4.68. The lowest BCUT2D eigenvalue weighted by Gasteiger charge is -2.29. The minimum Gasteiger partial charge on any atom is -0.337 e. The summed E-state index contributed by atoms with van der Waals surface area (Å²) in [6.07, 6.45) is 6.59. The Labute approximate surface area is 166 Å². The van der Waals surface area contributed by atoms with Crippen LogP contribution in [0.25, 0.3) is 0 Å². The molecule has 0 aromatic carbocycles. The zero-order valence-corrected chi connectivity index (χ0v) is 15.8. The number of carbonyl (C=O) groups excluding carboxylic acids is 2. The van der Waals surface area contributed by atoms with Gasteiger partial charge in [0.2, 0.25) is 0 Å². The largest absolute Gasteiger partial charge is 0.337 e. The van der Waals surface area contributed by atoms with Crippen LogP contribution in [0.2, 0.25) is 0 Å². The van der Waals surface area contributed by atoms with Gasteiger partial charge in [-0.25, -0.2) is 9.97 Å². The number of nitrogens with zero attached hydrogens (tertiary/aromatic N) is 7. The van der Waals surface area contributed by atoms with Crippen molar-refractivity contribution in [3.05, 3.63) is 66.1 Å². The fraction of sp³-hybridized carbons (Fsp3) is 0.316. The van der Waals surface area contributed by atoms with E-state index in [9.17, 15) is 9.59 Å². The van der Waals surface area contributed by atoms with Crippen molar-refractivity contribution in [2.75, 3.05) is 19.6 Å². The maximum absolute atomic E-state index is 13.2. The average molecular weight is 393 g/mol. The van der Waals surface area contributed by atoms with E-state index in [1.165, 1.54) is 18.7 Å². The molecule has 0 radical (unpaired) electrons. The first-order valence-corrected chi connectivity index (χ1v) is 9.20. The monoisotopic (exact) mass is 393 g/mol. The fourth-order valence-electron chi connectivity index (χ4n) is 3.31. The van der Waals surface area contributed by atoms with Gasteiger partial charge in [0, 0.05) is 31.7 Å². The number of pyridine rings is 1. The summed E-state index contributed by atoms with van der Waals surface area (Å²) in [5.74, 6) is 0.327. The third-order valence-corrected chi connectivity index (χ3v) is 4.68. The first-order valence-electron chi connectivity index (χ1n) is 9.20. The third kappa shape index (κ3) is 3.96. The van der Waals surface area contributed by atoms with E-state index in [1.807, 2.05) is 0 Å². The van der Waals surface area contributed by atoms with Gasteiger partial charge in [0.25, 0.3) is 17.7 Å². The standard InChI is InChI=1S/C19H19N7O3/c1-13-23-17(29-24-13)16-11-25(19(28)15-5-7-21-12-22-15)8-3-9-26(16)18(27)14-4-2-6-20-10-14/h2,4-7,10,12,16H,3,8-9,11H2,1H3. The first kappa shape index (κ1) is 18.7. The molecule has 2 amide bonds. The summed E-state index contributed by atoms with van der Waals surface area (Å²) in [5, 5.41) is 3.86. The molecule has 148 valence electrons. The van der Waals surface area contributed by atoms with Crippen LogP contribution in [0.5, 0.6) is 0 Å². The van der Waals surface area contributed by atoms with Gasteiger partial charge in [0.15, 0.2) is 5.82 Å². The second-order valence-corrected chi connectivity index (χ2v) is 6.64. The molecule has 0 bridgehead atoms. The van der Waals surface area contributed by atoms with Crippen LogP contribution >= 0.6 is 0 Å². The normalized spacial score (nSPS) is 17.1. The molecule has 1 fully saturated rings. The highest BCUT2D eigenvalue weighted by molar-refractivity contribution is 5.94. The van der Waals surface area contributed by atoms with E-state index in [0.29, 0.717) is 42.5 Å². The Kier molecular flexibility index (Phi) is 5.23. The van der Waals surface area contributed by atoms with Crippen LogP contribution in [0, 0.1) is 6.92 Å². The molecule has 1 atom stereocenters. The summed E-state index contributed by atoms with van der Waals surface area (Å²) in [6.45, 7) is 2.84. The minimum atomic E-state index is -0.572. The molecule has 4 rings (SSSR count). The van der Waals surface area contributed by atoms with Crippen LogP contribution in [0.1, 0.15) is 45.0 Å². The minimum absolute atomic E-state index is 0.199. The molecular weight excluding hydrogens is 374 g/mol. The lowest BCUT2D eigenvalue weighted by atomic mass is 10.1. The van der Waals surface area contributed by atoms with Crippen LogP contribution in [0.3, 0.4) is 0 Å². The lowest BCUT2D eigenvalue weighted by Crippen LogP contribution is -2.40. The zero-order chi connectivity index (χ0) is 20.2. The van der Waals surface area contributed by atoms with Crippen LogP contribution in [0.15, 0.2) is 47.6 Å². The van der Waals surface area contributed by atoms with Crippen molar-refractivity contribution in [2.24, 2.45) is 0 Å². The molecule has 10 nitrogen and oxygen atoms in total. The molecule has 1 saturated heterocycles. The predicted molar refractivity (Wildman–Crippen MR) is 99.6 cm³/mol. The van der Waals surface area contributed by atoms with E-state index < -0.39 is 6.04 Å². The van der Waals surface area contributed by atoms with E-state index >= 15 is 0 Å². The van der Waals surface area contributed by atoms with Crippen molar-refractivity contribution < 1.29 is 14.1 Å². The van der Waals surface area contributed by atoms with E-state index in [-0.39, 0.29) is 18.4 Å². The number of carbonyl (C=O) groups is 2. The zero-order valence-electron chi connectivity index (χ0n) is 15.8. The van der Waals surface area contributed by atoms with Crippen molar-refractivity contribution in [3.8, 4) is 0 Å². The maximum Gasteiger partial charge on any atom is 0.272 e. The molecule has 1 aliphatic heterocycles. The molecule has 3 aromatic rings. The smallest absolute Gasteiger partial charge is 0.272 e. The van der Waals surface area contributed by atoms with Gasteiger partial charge in [-0.1, -0.05) is 5.16 Å². The van der Waals surface area contributed by atoms with Gasteiger partial charge < -0.3 is 14.3 Å². The summed E-state index contributed by atoms with van der Waals surface area (Å²) in [6, 6.07) is 4.41. The number of hydrogen-bond acceptors (Lipinski definition) is 8. The molecule has 3 aromatic heterocycles. The van der Waals surface area contributed by atoms with Gasteiger partial charge in [-0.2, -0.15) is 4.98 Å². The molecule has 0 spiro atoms. The van der Waals surface area contributed by atoms with E-state index in [1.54, 1.807) is 41.1 Å². The van der Waals surface area contributed by atoms with Crippen LogP contribution in [-0.4, -0.2) is 66.3 Å². The molecule has 0 aliphatic carbocycles. The fourth-order valence-corrected chi connectivity index (χ4v) is 3.31. The van der Waals surface area contributed by atoms with Crippen molar-refractivity contribution in [2.45, 2.75) is 19.4 Å². The Balaban J connectivity index is 1.66. The summed E-state index contributed by atoms with van der Waals surface area (Å²) in [4.78, 5) is 45.7. The molecule has 0 N–H and O–H groups in total. The average Bonchev–Trinajstić information content (AvgIpc) is 3.07. The molecule has 10 heteroatoms. The van der Waals surface area contributed by atoms with Crippen molar-refractivity contribution in [3.63, 3.8) is 0 Å². The molecule has 4 heterocycles. The Morgan fingerprint density at radius 3 is 2.72 bits per heavy atom. The second kappa shape index (κ2) is 8.13. The predicted octanol–water partition coefficient (Wildman–Crippen LogP) is 1.29. The summed E-state index contributed by atoms with van der Waals surface area (Å²) >= 11 is 0. The van der Waals surface area contributed by atoms with Crippen LogP contribution in [-0.2, 0) is 0 Å². The summed E-state index contributed by atoms with van der Waals surface area (Å²) < 4.78 is 5.38. The SMILES string of the molecule is Cc1noc(C2CN(C(=O)c3ccncn3)CCCN2C(=O)c2cccnc2)n1. The van der Waals surface area contributed by atoms with Crippen LogP contribution in [0.4, 0.5) is 0 Å². The van der Waals surface area contributed by atoms with Crippen molar-refractivity contribution >= 4 is 11.8 Å². The number of amides is 2. The van der Waals surface area contributed by atoms with Gasteiger partial charge in [-0.3, -0.25) is 14.6 Å².